The third kappa shape index (κ3) is 3.90. The molecule has 19 heavy (non-hydrogen) atoms. The van der Waals surface area contributed by atoms with Crippen LogP contribution < -0.4 is 11.1 Å². The number of nitrogens with zero attached hydrogens (tertiary/aromatic N) is 1. The average molecular weight is 279 g/mol. The highest BCUT2D eigenvalue weighted by molar-refractivity contribution is 7.09. The third-order valence-corrected chi connectivity index (χ3v) is 3.61. The van der Waals surface area contributed by atoms with E-state index in [1.54, 1.807) is 11.6 Å². The summed E-state index contributed by atoms with van der Waals surface area (Å²) in [7, 11) is 0. The lowest BCUT2D eigenvalue weighted by molar-refractivity contribution is 0.0933. The Morgan fingerprint density at radius 2 is 2.47 bits per heavy atom. The molecule has 0 saturated carbocycles. The van der Waals surface area contributed by atoms with Crippen molar-refractivity contribution in [2.24, 2.45) is 5.73 Å². The van der Waals surface area contributed by atoms with Crippen molar-refractivity contribution < 1.29 is 9.21 Å². The summed E-state index contributed by atoms with van der Waals surface area (Å²) in [5.74, 6) is 0.781. The number of carbonyl (C=O) groups excluding carboxylic acids is 1. The van der Waals surface area contributed by atoms with Crippen LogP contribution in [0.15, 0.2) is 28.2 Å². The lowest BCUT2D eigenvalue weighted by Crippen LogP contribution is -2.33. The topological polar surface area (TPSA) is 81.2 Å². The molecule has 5 nitrogen and oxygen atoms in total. The van der Waals surface area contributed by atoms with Gasteiger partial charge in [-0.15, -0.1) is 11.3 Å². The number of aryl methyl sites for hydroxylation is 1. The van der Waals surface area contributed by atoms with Crippen molar-refractivity contribution in [3.63, 3.8) is 0 Å². The monoisotopic (exact) mass is 279 g/mol. The number of hydrogen-bond acceptors (Lipinski definition) is 5. The van der Waals surface area contributed by atoms with E-state index in [2.05, 4.69) is 10.3 Å². The van der Waals surface area contributed by atoms with Crippen LogP contribution in [0, 0.1) is 0 Å². The van der Waals surface area contributed by atoms with Crippen molar-refractivity contribution in [3.05, 3.63) is 40.2 Å². The van der Waals surface area contributed by atoms with Gasteiger partial charge in [-0.25, -0.2) is 4.98 Å². The maximum atomic E-state index is 11.9. The molecule has 2 heterocycles. The van der Waals surface area contributed by atoms with Gasteiger partial charge in [-0.2, -0.15) is 0 Å². The maximum Gasteiger partial charge on any atom is 0.270 e. The molecule has 0 spiro atoms. The SMILES string of the molecule is CC(CCc1ccco1)NC(=O)c1csc(CN)n1. The Kier molecular flexibility index (Phi) is 4.70. The summed E-state index contributed by atoms with van der Waals surface area (Å²) in [6.45, 7) is 2.34. The molecule has 0 aliphatic heterocycles. The van der Waals surface area contributed by atoms with E-state index in [0.717, 1.165) is 23.6 Å². The highest BCUT2D eigenvalue weighted by atomic mass is 32.1. The zero-order valence-corrected chi connectivity index (χ0v) is 11.6. The van der Waals surface area contributed by atoms with Crippen LogP contribution in [0.3, 0.4) is 0 Å². The molecule has 0 bridgehead atoms. The second-order valence-electron chi connectivity index (χ2n) is 4.32. The molecular formula is C13H17N3O2S. The molecule has 0 radical (unpaired) electrons. The molecule has 2 rings (SSSR count). The highest BCUT2D eigenvalue weighted by Gasteiger charge is 2.13. The van der Waals surface area contributed by atoms with Gasteiger partial charge in [-0.1, -0.05) is 0 Å². The molecule has 0 aliphatic carbocycles. The number of nitrogens with one attached hydrogen (secondary N) is 1. The standard InChI is InChI=1S/C13H17N3O2S/c1-9(4-5-10-3-2-6-18-10)15-13(17)11-8-19-12(7-14)16-11/h2-3,6,8-9H,4-5,7,14H2,1H3,(H,15,17). The van der Waals surface area contributed by atoms with Gasteiger partial charge in [0, 0.05) is 24.4 Å². The van der Waals surface area contributed by atoms with E-state index in [1.807, 2.05) is 19.1 Å². The van der Waals surface area contributed by atoms with E-state index in [-0.39, 0.29) is 11.9 Å². The minimum atomic E-state index is -0.150. The number of nitrogens with two attached hydrogens (primary N) is 1. The number of furan rings is 1. The van der Waals surface area contributed by atoms with Gasteiger partial charge >= 0.3 is 0 Å². The first-order valence-electron chi connectivity index (χ1n) is 6.16. The summed E-state index contributed by atoms with van der Waals surface area (Å²) in [4.78, 5) is 16.1. The van der Waals surface area contributed by atoms with Gasteiger partial charge in [0.25, 0.3) is 5.91 Å². The van der Waals surface area contributed by atoms with Crippen molar-refractivity contribution in [2.75, 3.05) is 0 Å². The third-order valence-electron chi connectivity index (χ3n) is 2.74. The Morgan fingerprint density at radius 3 is 3.11 bits per heavy atom. The molecule has 0 fully saturated rings. The van der Waals surface area contributed by atoms with Crippen molar-refractivity contribution in [2.45, 2.75) is 32.4 Å². The van der Waals surface area contributed by atoms with Crippen LogP contribution in [0.25, 0.3) is 0 Å². The number of hydrogen-bond donors (Lipinski definition) is 2. The van der Waals surface area contributed by atoms with E-state index in [9.17, 15) is 4.79 Å². The van der Waals surface area contributed by atoms with Crippen molar-refractivity contribution in [1.82, 2.24) is 10.3 Å². The zero-order valence-electron chi connectivity index (χ0n) is 10.8. The smallest absolute Gasteiger partial charge is 0.270 e. The van der Waals surface area contributed by atoms with E-state index in [0.29, 0.717) is 12.2 Å². The molecule has 2 aromatic heterocycles. The van der Waals surface area contributed by atoms with Crippen molar-refractivity contribution >= 4 is 17.2 Å². The predicted octanol–water partition coefficient (Wildman–Crippen LogP) is 1.95. The normalized spacial score (nSPS) is 12.3. The fourth-order valence-corrected chi connectivity index (χ4v) is 2.35. The molecule has 6 heteroatoms. The summed E-state index contributed by atoms with van der Waals surface area (Å²) in [5, 5.41) is 5.42. The van der Waals surface area contributed by atoms with Crippen LogP contribution in [-0.4, -0.2) is 16.9 Å². The Labute approximate surface area is 115 Å². The first kappa shape index (κ1) is 13.8. The largest absolute Gasteiger partial charge is 0.469 e. The lowest BCUT2D eigenvalue weighted by Gasteiger charge is -2.11. The van der Waals surface area contributed by atoms with Crippen LogP contribution in [-0.2, 0) is 13.0 Å². The molecule has 0 saturated heterocycles. The quantitative estimate of drug-likeness (QED) is 0.846. The summed E-state index contributed by atoms with van der Waals surface area (Å²) >= 11 is 1.40. The Morgan fingerprint density at radius 1 is 1.63 bits per heavy atom. The van der Waals surface area contributed by atoms with Crippen LogP contribution in [0.4, 0.5) is 0 Å². The number of rotatable bonds is 6. The number of amides is 1. The van der Waals surface area contributed by atoms with Gasteiger partial charge in [0.1, 0.15) is 16.5 Å². The Balaban J connectivity index is 1.81. The summed E-state index contributed by atoms with van der Waals surface area (Å²) in [6.07, 6.45) is 3.29. The second-order valence-corrected chi connectivity index (χ2v) is 5.27. The number of thiazole rings is 1. The molecule has 3 N–H and O–H groups in total. The number of aromatic nitrogens is 1. The van der Waals surface area contributed by atoms with Gasteiger partial charge in [0.15, 0.2) is 0 Å². The van der Waals surface area contributed by atoms with Gasteiger partial charge in [0.05, 0.1) is 6.26 Å². The van der Waals surface area contributed by atoms with Gasteiger partial charge in [0.2, 0.25) is 0 Å². The number of carbonyl (C=O) groups is 1. The average Bonchev–Trinajstić information content (AvgIpc) is 3.07. The second kappa shape index (κ2) is 6.49. The summed E-state index contributed by atoms with van der Waals surface area (Å²) in [6, 6.07) is 3.87. The molecule has 0 aliphatic rings. The van der Waals surface area contributed by atoms with Gasteiger partial charge < -0.3 is 15.5 Å². The van der Waals surface area contributed by atoms with E-state index >= 15 is 0 Å². The fourth-order valence-electron chi connectivity index (χ4n) is 1.69. The Hall–Kier alpha value is -1.66. The summed E-state index contributed by atoms with van der Waals surface area (Å²) in [5.41, 5.74) is 5.91. The molecule has 0 aromatic carbocycles. The minimum Gasteiger partial charge on any atom is -0.469 e. The van der Waals surface area contributed by atoms with Crippen molar-refractivity contribution in [3.8, 4) is 0 Å². The van der Waals surface area contributed by atoms with Crippen LogP contribution in [0.5, 0.6) is 0 Å². The lowest BCUT2D eigenvalue weighted by atomic mass is 10.1. The first-order chi connectivity index (χ1) is 9.19. The fraction of sp³-hybridized carbons (Fsp3) is 0.385. The molecule has 1 amide bonds. The molecule has 2 aromatic rings. The van der Waals surface area contributed by atoms with Gasteiger partial charge in [-0.3, -0.25) is 4.79 Å². The molecule has 102 valence electrons. The van der Waals surface area contributed by atoms with Crippen LogP contribution in [0.1, 0.15) is 34.6 Å². The van der Waals surface area contributed by atoms with E-state index in [4.69, 9.17) is 10.2 Å². The van der Waals surface area contributed by atoms with E-state index < -0.39 is 0 Å². The van der Waals surface area contributed by atoms with Crippen molar-refractivity contribution in [1.29, 1.82) is 0 Å². The molecular weight excluding hydrogens is 262 g/mol. The van der Waals surface area contributed by atoms with Gasteiger partial charge in [-0.05, 0) is 25.5 Å². The first-order valence-corrected chi connectivity index (χ1v) is 7.04. The van der Waals surface area contributed by atoms with Crippen LogP contribution in [0.2, 0.25) is 0 Å². The van der Waals surface area contributed by atoms with Crippen LogP contribution >= 0.6 is 11.3 Å². The molecule has 1 atom stereocenters. The zero-order chi connectivity index (χ0) is 13.7. The maximum absolute atomic E-state index is 11.9. The molecule has 1 unspecified atom stereocenters. The minimum absolute atomic E-state index is 0.0700. The highest BCUT2D eigenvalue weighted by Crippen LogP contribution is 2.10. The predicted molar refractivity (Wildman–Crippen MR) is 74.0 cm³/mol. The summed E-state index contributed by atoms with van der Waals surface area (Å²) < 4.78 is 5.25. The van der Waals surface area contributed by atoms with E-state index in [1.165, 1.54) is 11.3 Å². The Bertz CT molecular complexity index is 522.